The Labute approximate surface area is 110 Å². The van der Waals surface area contributed by atoms with Gasteiger partial charge in [0.15, 0.2) is 0 Å². The van der Waals surface area contributed by atoms with E-state index in [1.165, 1.54) is 31.2 Å². The maximum atomic E-state index is 12.8. The molecule has 0 aliphatic heterocycles. The van der Waals surface area contributed by atoms with Crippen LogP contribution in [0.1, 0.15) is 24.9 Å². The maximum absolute atomic E-state index is 12.8. The van der Waals surface area contributed by atoms with Gasteiger partial charge in [0.05, 0.1) is 12.6 Å². The minimum Gasteiger partial charge on any atom is -0.394 e. The standard InChI is InChI=1S/C13H17FN2O3/c1-9(18)15-7-6-13(19)16-12(8-17)10-2-4-11(14)5-3-10/h2-5,12,17H,6-8H2,1H3,(H,15,18)(H,16,19)/t12-/m1/s1. The van der Waals surface area contributed by atoms with Crippen molar-refractivity contribution in [3.63, 3.8) is 0 Å². The second kappa shape index (κ2) is 7.48. The lowest BCUT2D eigenvalue weighted by molar-refractivity contribution is -0.122. The number of rotatable bonds is 6. The zero-order valence-corrected chi connectivity index (χ0v) is 10.6. The van der Waals surface area contributed by atoms with Crippen molar-refractivity contribution in [2.24, 2.45) is 0 Å². The number of carbonyl (C=O) groups excluding carboxylic acids is 2. The molecule has 1 atom stereocenters. The molecule has 1 rings (SSSR count). The molecule has 6 heteroatoms. The normalized spacial score (nSPS) is 11.7. The minimum absolute atomic E-state index is 0.122. The van der Waals surface area contributed by atoms with E-state index in [0.717, 1.165) is 0 Å². The van der Waals surface area contributed by atoms with E-state index in [0.29, 0.717) is 5.56 Å². The molecule has 0 saturated carbocycles. The molecule has 19 heavy (non-hydrogen) atoms. The lowest BCUT2D eigenvalue weighted by Gasteiger charge is -2.16. The third-order valence-corrected chi connectivity index (χ3v) is 2.52. The first kappa shape index (κ1) is 15.1. The molecule has 0 aliphatic rings. The molecular formula is C13H17FN2O3. The molecule has 0 aliphatic carbocycles. The second-order valence-electron chi connectivity index (χ2n) is 4.09. The van der Waals surface area contributed by atoms with Gasteiger partial charge >= 0.3 is 0 Å². The third-order valence-electron chi connectivity index (χ3n) is 2.52. The van der Waals surface area contributed by atoms with Gasteiger partial charge in [0.1, 0.15) is 5.82 Å². The van der Waals surface area contributed by atoms with E-state index in [4.69, 9.17) is 0 Å². The summed E-state index contributed by atoms with van der Waals surface area (Å²) in [6.07, 6.45) is 0.122. The Morgan fingerprint density at radius 1 is 1.32 bits per heavy atom. The summed E-state index contributed by atoms with van der Waals surface area (Å²) >= 11 is 0. The van der Waals surface area contributed by atoms with Gasteiger partial charge in [-0.05, 0) is 17.7 Å². The van der Waals surface area contributed by atoms with Gasteiger partial charge in [-0.2, -0.15) is 0 Å². The van der Waals surface area contributed by atoms with Crippen LogP contribution in [0.4, 0.5) is 4.39 Å². The predicted octanol–water partition coefficient (Wildman–Crippen LogP) is 0.502. The summed E-state index contributed by atoms with van der Waals surface area (Å²) in [6, 6.07) is 4.96. The molecule has 1 aromatic rings. The highest BCUT2D eigenvalue weighted by Crippen LogP contribution is 2.13. The van der Waals surface area contributed by atoms with Gasteiger partial charge in [-0.25, -0.2) is 4.39 Å². The van der Waals surface area contributed by atoms with Gasteiger partial charge < -0.3 is 15.7 Å². The molecule has 0 radical (unpaired) electrons. The number of hydrogen-bond donors (Lipinski definition) is 3. The van der Waals surface area contributed by atoms with Crippen LogP contribution in [0.3, 0.4) is 0 Å². The van der Waals surface area contributed by atoms with E-state index in [-0.39, 0.29) is 37.2 Å². The summed E-state index contributed by atoms with van der Waals surface area (Å²) in [7, 11) is 0. The topological polar surface area (TPSA) is 78.4 Å². The number of carbonyl (C=O) groups is 2. The van der Waals surface area contributed by atoms with Crippen molar-refractivity contribution in [3.05, 3.63) is 35.6 Å². The molecule has 0 unspecified atom stereocenters. The molecule has 2 amide bonds. The Bertz CT molecular complexity index is 434. The summed E-state index contributed by atoms with van der Waals surface area (Å²) < 4.78 is 12.8. The monoisotopic (exact) mass is 268 g/mol. The molecule has 0 bridgehead atoms. The molecule has 0 heterocycles. The molecule has 3 N–H and O–H groups in total. The summed E-state index contributed by atoms with van der Waals surface area (Å²) in [5.41, 5.74) is 0.622. The number of aliphatic hydroxyl groups excluding tert-OH is 1. The Hall–Kier alpha value is -1.95. The lowest BCUT2D eigenvalue weighted by Crippen LogP contribution is -2.33. The first-order valence-corrected chi connectivity index (χ1v) is 5.93. The van der Waals surface area contributed by atoms with Crippen molar-refractivity contribution in [2.45, 2.75) is 19.4 Å². The Balaban J connectivity index is 2.50. The van der Waals surface area contributed by atoms with Crippen LogP contribution in [0.5, 0.6) is 0 Å². The van der Waals surface area contributed by atoms with E-state index in [9.17, 15) is 19.1 Å². The van der Waals surface area contributed by atoms with Gasteiger partial charge in [0, 0.05) is 19.9 Å². The average molecular weight is 268 g/mol. The van der Waals surface area contributed by atoms with Crippen molar-refractivity contribution in [1.82, 2.24) is 10.6 Å². The Morgan fingerprint density at radius 3 is 2.47 bits per heavy atom. The lowest BCUT2D eigenvalue weighted by atomic mass is 10.1. The number of halogens is 1. The van der Waals surface area contributed by atoms with Crippen LogP contribution in [-0.4, -0.2) is 30.1 Å². The molecular weight excluding hydrogens is 251 g/mol. The number of benzene rings is 1. The Kier molecular flexibility index (Phi) is 5.95. The predicted molar refractivity (Wildman–Crippen MR) is 67.7 cm³/mol. The highest BCUT2D eigenvalue weighted by Gasteiger charge is 2.13. The first-order valence-electron chi connectivity index (χ1n) is 5.93. The van der Waals surface area contributed by atoms with E-state index in [2.05, 4.69) is 10.6 Å². The van der Waals surface area contributed by atoms with E-state index in [1.54, 1.807) is 0 Å². The highest BCUT2D eigenvalue weighted by atomic mass is 19.1. The van der Waals surface area contributed by atoms with Gasteiger partial charge in [-0.1, -0.05) is 12.1 Å². The van der Waals surface area contributed by atoms with Crippen LogP contribution in [0, 0.1) is 5.82 Å². The fourth-order valence-electron chi connectivity index (χ4n) is 1.55. The molecule has 0 fully saturated rings. The fourth-order valence-corrected chi connectivity index (χ4v) is 1.55. The van der Waals surface area contributed by atoms with Crippen molar-refractivity contribution >= 4 is 11.8 Å². The number of nitrogens with one attached hydrogen (secondary N) is 2. The van der Waals surface area contributed by atoms with Crippen molar-refractivity contribution in [1.29, 1.82) is 0 Å². The van der Waals surface area contributed by atoms with Crippen LogP contribution in [0.2, 0.25) is 0 Å². The molecule has 0 spiro atoms. The van der Waals surface area contributed by atoms with Crippen LogP contribution in [0.15, 0.2) is 24.3 Å². The minimum atomic E-state index is -0.578. The average Bonchev–Trinajstić information content (AvgIpc) is 2.36. The smallest absolute Gasteiger partial charge is 0.222 e. The molecule has 0 aromatic heterocycles. The van der Waals surface area contributed by atoms with Crippen molar-refractivity contribution < 1.29 is 19.1 Å². The second-order valence-corrected chi connectivity index (χ2v) is 4.09. The summed E-state index contributed by atoms with van der Waals surface area (Å²) in [6.45, 7) is 1.33. The molecule has 104 valence electrons. The van der Waals surface area contributed by atoms with E-state index in [1.807, 2.05) is 0 Å². The van der Waals surface area contributed by atoms with Crippen LogP contribution < -0.4 is 10.6 Å². The molecule has 0 saturated heterocycles. The number of amides is 2. The zero-order chi connectivity index (χ0) is 14.3. The molecule has 5 nitrogen and oxygen atoms in total. The largest absolute Gasteiger partial charge is 0.394 e. The third kappa shape index (κ3) is 5.48. The van der Waals surface area contributed by atoms with Crippen LogP contribution in [0.25, 0.3) is 0 Å². The van der Waals surface area contributed by atoms with Crippen molar-refractivity contribution in [2.75, 3.05) is 13.2 Å². The van der Waals surface area contributed by atoms with Gasteiger partial charge in [0.2, 0.25) is 11.8 Å². The first-order chi connectivity index (χ1) is 9.02. The summed E-state index contributed by atoms with van der Waals surface area (Å²) in [5, 5.41) is 14.3. The van der Waals surface area contributed by atoms with E-state index < -0.39 is 6.04 Å². The SMILES string of the molecule is CC(=O)NCCC(=O)N[C@H](CO)c1ccc(F)cc1. The van der Waals surface area contributed by atoms with Gasteiger partial charge in [-0.3, -0.25) is 9.59 Å². The quantitative estimate of drug-likeness (QED) is 0.703. The number of hydrogen-bond acceptors (Lipinski definition) is 3. The van der Waals surface area contributed by atoms with Crippen molar-refractivity contribution in [3.8, 4) is 0 Å². The zero-order valence-electron chi connectivity index (χ0n) is 10.6. The fraction of sp³-hybridized carbons (Fsp3) is 0.385. The molecule has 1 aromatic carbocycles. The number of aliphatic hydroxyl groups is 1. The van der Waals surface area contributed by atoms with Crippen LogP contribution in [-0.2, 0) is 9.59 Å². The van der Waals surface area contributed by atoms with E-state index >= 15 is 0 Å². The highest BCUT2D eigenvalue weighted by molar-refractivity contribution is 5.78. The maximum Gasteiger partial charge on any atom is 0.222 e. The summed E-state index contributed by atoms with van der Waals surface area (Å²) in [5.74, 6) is -0.875. The van der Waals surface area contributed by atoms with Crippen LogP contribution >= 0.6 is 0 Å². The Morgan fingerprint density at radius 2 is 1.95 bits per heavy atom. The van der Waals surface area contributed by atoms with Gasteiger partial charge in [0.25, 0.3) is 0 Å². The van der Waals surface area contributed by atoms with Gasteiger partial charge in [-0.15, -0.1) is 0 Å². The summed E-state index contributed by atoms with van der Waals surface area (Å²) in [4.78, 5) is 22.2.